The Morgan fingerprint density at radius 2 is 1.86 bits per heavy atom. The van der Waals surface area contributed by atoms with Crippen LogP contribution in [0.2, 0.25) is 0 Å². The molecule has 1 amide bonds. The molecule has 2 aromatic rings. The molecule has 7 nitrogen and oxygen atoms in total. The van der Waals surface area contributed by atoms with Gasteiger partial charge in [0.1, 0.15) is 6.54 Å². The lowest BCUT2D eigenvalue weighted by Crippen LogP contribution is -2.23. The van der Waals surface area contributed by atoms with Crippen molar-refractivity contribution in [3.8, 4) is 0 Å². The first-order chi connectivity index (χ1) is 10.4. The summed E-state index contributed by atoms with van der Waals surface area (Å²) < 4.78 is 1.70. The van der Waals surface area contributed by atoms with E-state index in [1.165, 1.54) is 30.3 Å². The van der Waals surface area contributed by atoms with Gasteiger partial charge in [0.05, 0.1) is 4.92 Å². The minimum absolute atomic E-state index is 0.0284. The Hall–Kier alpha value is -2.96. The number of nitrogens with zero attached hydrogens (tertiary/aromatic N) is 2. The largest absolute Gasteiger partial charge is 0.340 e. The maximum absolute atomic E-state index is 12.1. The molecule has 1 N–H and O–H groups in total. The van der Waals surface area contributed by atoms with Gasteiger partial charge in [-0.1, -0.05) is 6.07 Å². The summed E-state index contributed by atoms with van der Waals surface area (Å²) in [5.41, 5.74) is 1.52. The van der Waals surface area contributed by atoms with Gasteiger partial charge in [-0.3, -0.25) is 19.7 Å². The molecule has 1 aromatic carbocycles. The first-order valence-corrected chi connectivity index (χ1v) is 6.59. The standard InChI is InChI=1S/C15H15N3O4/c1-10-6-14(19)7-11(2)17(10)9-15(20)16-12-4-3-5-13(8-12)18(21)22/h3-8H,9H2,1-2H3,(H,16,20). The number of benzene rings is 1. The Morgan fingerprint density at radius 1 is 1.23 bits per heavy atom. The molecule has 0 saturated heterocycles. The Bertz CT molecular complexity index is 769. The molecule has 1 heterocycles. The molecule has 22 heavy (non-hydrogen) atoms. The summed E-state index contributed by atoms with van der Waals surface area (Å²) in [5.74, 6) is -0.324. The predicted molar refractivity (Wildman–Crippen MR) is 81.9 cm³/mol. The molecule has 0 spiro atoms. The highest BCUT2D eigenvalue weighted by atomic mass is 16.6. The van der Waals surface area contributed by atoms with Crippen LogP contribution in [-0.2, 0) is 11.3 Å². The third-order valence-electron chi connectivity index (χ3n) is 3.20. The second-order valence-corrected chi connectivity index (χ2v) is 4.92. The van der Waals surface area contributed by atoms with Gasteiger partial charge in [0.25, 0.3) is 5.69 Å². The van der Waals surface area contributed by atoms with Crippen LogP contribution in [0.15, 0.2) is 41.2 Å². The van der Waals surface area contributed by atoms with E-state index in [1.54, 1.807) is 24.5 Å². The van der Waals surface area contributed by atoms with Gasteiger partial charge in [0.15, 0.2) is 5.43 Å². The van der Waals surface area contributed by atoms with E-state index in [4.69, 9.17) is 0 Å². The summed E-state index contributed by atoms with van der Waals surface area (Å²) in [5, 5.41) is 13.3. The number of rotatable bonds is 4. The number of nitrogens with one attached hydrogen (secondary N) is 1. The highest BCUT2D eigenvalue weighted by Gasteiger charge is 2.10. The van der Waals surface area contributed by atoms with Crippen molar-refractivity contribution in [2.45, 2.75) is 20.4 Å². The Morgan fingerprint density at radius 3 is 2.45 bits per heavy atom. The van der Waals surface area contributed by atoms with Crippen molar-refractivity contribution in [2.75, 3.05) is 5.32 Å². The van der Waals surface area contributed by atoms with Crippen molar-refractivity contribution in [3.05, 3.63) is 68.1 Å². The van der Waals surface area contributed by atoms with Gasteiger partial charge in [-0.2, -0.15) is 0 Å². The fourth-order valence-electron chi connectivity index (χ4n) is 2.18. The minimum Gasteiger partial charge on any atom is -0.340 e. The zero-order valence-corrected chi connectivity index (χ0v) is 12.2. The van der Waals surface area contributed by atoms with Crippen LogP contribution in [0.25, 0.3) is 0 Å². The molecule has 1 aromatic heterocycles. The molecular formula is C15H15N3O4. The van der Waals surface area contributed by atoms with Crippen LogP contribution in [0.1, 0.15) is 11.4 Å². The molecule has 0 aliphatic rings. The molecule has 2 rings (SSSR count). The third kappa shape index (κ3) is 3.57. The van der Waals surface area contributed by atoms with Crippen molar-refractivity contribution in [2.24, 2.45) is 0 Å². The predicted octanol–water partition coefficient (Wildman–Crippen LogP) is 2.01. The van der Waals surface area contributed by atoms with Crippen molar-refractivity contribution < 1.29 is 9.72 Å². The number of hydrogen-bond donors (Lipinski definition) is 1. The second kappa shape index (κ2) is 6.21. The monoisotopic (exact) mass is 301 g/mol. The number of anilines is 1. The second-order valence-electron chi connectivity index (χ2n) is 4.92. The SMILES string of the molecule is Cc1cc(=O)cc(C)n1CC(=O)Nc1cccc([N+](=O)[O-])c1. The van der Waals surface area contributed by atoms with E-state index < -0.39 is 4.92 Å². The van der Waals surface area contributed by atoms with E-state index in [9.17, 15) is 19.7 Å². The van der Waals surface area contributed by atoms with Crippen molar-refractivity contribution in [1.29, 1.82) is 0 Å². The fraction of sp³-hybridized carbons (Fsp3) is 0.200. The van der Waals surface area contributed by atoms with E-state index >= 15 is 0 Å². The maximum Gasteiger partial charge on any atom is 0.271 e. The Kier molecular flexibility index (Phi) is 4.36. The summed E-state index contributed by atoms with van der Waals surface area (Å²) in [6, 6.07) is 8.63. The van der Waals surface area contributed by atoms with Crippen LogP contribution in [0.5, 0.6) is 0 Å². The number of amides is 1. The maximum atomic E-state index is 12.1. The lowest BCUT2D eigenvalue weighted by molar-refractivity contribution is -0.384. The summed E-state index contributed by atoms with van der Waals surface area (Å²) in [7, 11) is 0. The zero-order valence-electron chi connectivity index (χ0n) is 12.2. The molecule has 0 unspecified atom stereocenters. The fourth-order valence-corrected chi connectivity index (χ4v) is 2.18. The van der Waals surface area contributed by atoms with Gasteiger partial charge in [0, 0.05) is 41.3 Å². The highest BCUT2D eigenvalue weighted by Crippen LogP contribution is 2.17. The minimum atomic E-state index is -0.522. The van der Waals surface area contributed by atoms with Gasteiger partial charge < -0.3 is 9.88 Å². The molecule has 114 valence electrons. The Balaban J connectivity index is 2.16. The van der Waals surface area contributed by atoms with E-state index in [0.717, 1.165) is 0 Å². The summed E-state index contributed by atoms with van der Waals surface area (Å²) in [6.07, 6.45) is 0. The molecule has 7 heteroatoms. The van der Waals surface area contributed by atoms with Crippen molar-refractivity contribution in [3.63, 3.8) is 0 Å². The van der Waals surface area contributed by atoms with Gasteiger partial charge in [-0.15, -0.1) is 0 Å². The summed E-state index contributed by atoms with van der Waals surface area (Å²) >= 11 is 0. The van der Waals surface area contributed by atoms with Crippen molar-refractivity contribution in [1.82, 2.24) is 4.57 Å². The Labute approximate surface area is 126 Å². The molecule has 0 saturated carbocycles. The number of nitro benzene ring substituents is 1. The van der Waals surface area contributed by atoms with Gasteiger partial charge in [-0.05, 0) is 19.9 Å². The average molecular weight is 301 g/mol. The molecule has 0 aliphatic heterocycles. The van der Waals surface area contributed by atoms with E-state index in [2.05, 4.69) is 5.32 Å². The number of carbonyl (C=O) groups excluding carboxylic acids is 1. The number of carbonyl (C=O) groups is 1. The number of pyridine rings is 1. The smallest absolute Gasteiger partial charge is 0.271 e. The van der Waals surface area contributed by atoms with Crippen LogP contribution < -0.4 is 10.7 Å². The zero-order chi connectivity index (χ0) is 16.3. The van der Waals surface area contributed by atoms with Crippen LogP contribution in [0.3, 0.4) is 0 Å². The van der Waals surface area contributed by atoms with E-state index in [-0.39, 0.29) is 23.6 Å². The topological polar surface area (TPSA) is 94.2 Å². The van der Waals surface area contributed by atoms with Gasteiger partial charge in [-0.25, -0.2) is 0 Å². The van der Waals surface area contributed by atoms with Crippen LogP contribution in [0, 0.1) is 24.0 Å². The van der Waals surface area contributed by atoms with Crippen molar-refractivity contribution >= 4 is 17.3 Å². The molecular weight excluding hydrogens is 286 g/mol. The first-order valence-electron chi connectivity index (χ1n) is 6.59. The number of aryl methyl sites for hydroxylation is 2. The van der Waals surface area contributed by atoms with E-state index in [0.29, 0.717) is 17.1 Å². The summed E-state index contributed by atoms with van der Waals surface area (Å²) in [4.78, 5) is 33.6. The number of aromatic nitrogens is 1. The van der Waals surface area contributed by atoms with Crippen LogP contribution in [0.4, 0.5) is 11.4 Å². The molecule has 0 fully saturated rings. The lowest BCUT2D eigenvalue weighted by atomic mass is 10.2. The molecule has 0 atom stereocenters. The van der Waals surface area contributed by atoms with Gasteiger partial charge >= 0.3 is 0 Å². The molecule has 0 aliphatic carbocycles. The lowest BCUT2D eigenvalue weighted by Gasteiger charge is -2.14. The van der Waals surface area contributed by atoms with Crippen LogP contribution in [-0.4, -0.2) is 15.4 Å². The molecule has 0 radical (unpaired) electrons. The highest BCUT2D eigenvalue weighted by molar-refractivity contribution is 5.90. The number of hydrogen-bond acceptors (Lipinski definition) is 4. The summed E-state index contributed by atoms with van der Waals surface area (Å²) in [6.45, 7) is 3.52. The number of non-ortho nitro benzene ring substituents is 1. The first kappa shape index (κ1) is 15.4. The third-order valence-corrected chi connectivity index (χ3v) is 3.20. The van der Waals surface area contributed by atoms with Crippen LogP contribution >= 0.6 is 0 Å². The normalized spacial score (nSPS) is 10.3. The quantitative estimate of drug-likeness (QED) is 0.690. The average Bonchev–Trinajstić information content (AvgIpc) is 2.43. The number of nitro groups is 1. The molecule has 0 bridgehead atoms. The van der Waals surface area contributed by atoms with E-state index in [1.807, 2.05) is 0 Å². The van der Waals surface area contributed by atoms with Gasteiger partial charge in [0.2, 0.25) is 5.91 Å².